The van der Waals surface area contributed by atoms with Crippen LogP contribution in [0, 0.1) is 6.92 Å². The van der Waals surface area contributed by atoms with Gasteiger partial charge in [-0.15, -0.1) is 0 Å². The van der Waals surface area contributed by atoms with Crippen LogP contribution in [0.3, 0.4) is 0 Å². The molecule has 0 spiro atoms. The number of benzene rings is 1. The highest BCUT2D eigenvalue weighted by molar-refractivity contribution is 5.80. The number of anilines is 1. The predicted octanol–water partition coefficient (Wildman–Crippen LogP) is 3.48. The first-order valence-electron chi connectivity index (χ1n) is 7.61. The molecule has 1 aliphatic rings. The molecule has 0 saturated carbocycles. The number of methoxy groups -OCH3 is 1. The average molecular weight is 275 g/mol. The molecule has 0 N–H and O–H groups in total. The topological polar surface area (TPSA) is 29.5 Å². The van der Waals surface area contributed by atoms with Gasteiger partial charge in [0, 0.05) is 12.2 Å². The van der Waals surface area contributed by atoms with Crippen molar-refractivity contribution in [2.45, 2.75) is 52.0 Å². The summed E-state index contributed by atoms with van der Waals surface area (Å²) >= 11 is 0. The molecule has 1 atom stereocenters. The van der Waals surface area contributed by atoms with Crippen molar-refractivity contribution in [3.05, 3.63) is 29.3 Å². The lowest BCUT2D eigenvalue weighted by Gasteiger charge is -2.36. The van der Waals surface area contributed by atoms with Crippen LogP contribution in [0.2, 0.25) is 0 Å². The van der Waals surface area contributed by atoms with E-state index in [4.69, 9.17) is 4.74 Å². The van der Waals surface area contributed by atoms with Gasteiger partial charge in [-0.3, -0.25) is 0 Å². The number of hydrogen-bond donors (Lipinski definition) is 0. The van der Waals surface area contributed by atoms with Gasteiger partial charge in [-0.2, -0.15) is 0 Å². The van der Waals surface area contributed by atoms with Gasteiger partial charge in [0.25, 0.3) is 0 Å². The summed E-state index contributed by atoms with van der Waals surface area (Å²) in [6.45, 7) is 5.22. The summed E-state index contributed by atoms with van der Waals surface area (Å²) in [5.41, 5.74) is 3.86. The third-order valence-corrected chi connectivity index (χ3v) is 4.07. The molecule has 0 fully saturated rings. The van der Waals surface area contributed by atoms with Gasteiger partial charge in [-0.25, -0.2) is 4.79 Å². The van der Waals surface area contributed by atoms with Crippen LogP contribution < -0.4 is 4.90 Å². The molecule has 1 aromatic rings. The lowest BCUT2D eigenvalue weighted by atomic mass is 9.96. The van der Waals surface area contributed by atoms with Gasteiger partial charge in [0.2, 0.25) is 0 Å². The Morgan fingerprint density at radius 1 is 1.45 bits per heavy atom. The highest BCUT2D eigenvalue weighted by atomic mass is 16.5. The fourth-order valence-electron chi connectivity index (χ4n) is 3.01. The second-order valence-electron chi connectivity index (χ2n) is 5.61. The zero-order valence-corrected chi connectivity index (χ0v) is 12.8. The Balaban J connectivity index is 2.28. The van der Waals surface area contributed by atoms with E-state index in [0.29, 0.717) is 0 Å². The summed E-state index contributed by atoms with van der Waals surface area (Å²) in [5.74, 6) is -0.105. The van der Waals surface area contributed by atoms with Crippen LogP contribution in [-0.2, 0) is 16.0 Å². The molecule has 0 aromatic heterocycles. The van der Waals surface area contributed by atoms with Crippen LogP contribution >= 0.6 is 0 Å². The Morgan fingerprint density at radius 3 is 2.95 bits per heavy atom. The van der Waals surface area contributed by atoms with Crippen molar-refractivity contribution in [1.82, 2.24) is 0 Å². The molecule has 1 aromatic carbocycles. The van der Waals surface area contributed by atoms with Crippen molar-refractivity contribution >= 4 is 11.7 Å². The fraction of sp³-hybridized carbons (Fsp3) is 0.588. The zero-order valence-electron chi connectivity index (χ0n) is 12.8. The molecule has 3 nitrogen and oxygen atoms in total. The van der Waals surface area contributed by atoms with Crippen molar-refractivity contribution in [2.75, 3.05) is 18.6 Å². The van der Waals surface area contributed by atoms with Crippen LogP contribution in [0.1, 0.15) is 43.7 Å². The Bertz CT molecular complexity index is 470. The number of carbonyl (C=O) groups is 1. The van der Waals surface area contributed by atoms with E-state index in [1.807, 2.05) is 0 Å². The largest absolute Gasteiger partial charge is 0.467 e. The lowest BCUT2D eigenvalue weighted by molar-refractivity contribution is -0.142. The Labute approximate surface area is 121 Å². The predicted molar refractivity (Wildman–Crippen MR) is 82.2 cm³/mol. The Kier molecular flexibility index (Phi) is 5.05. The number of ether oxygens (including phenoxy) is 1. The number of carbonyl (C=O) groups excluding carboxylic acids is 1. The number of aryl methyl sites for hydroxylation is 2. The van der Waals surface area contributed by atoms with E-state index in [1.165, 1.54) is 23.9 Å². The Hall–Kier alpha value is -1.51. The number of unbranched alkanes of at least 4 members (excludes halogenated alkanes) is 1. The first-order valence-corrected chi connectivity index (χ1v) is 7.61. The van der Waals surface area contributed by atoms with E-state index in [2.05, 4.69) is 36.9 Å². The molecule has 1 aliphatic heterocycles. The summed E-state index contributed by atoms with van der Waals surface area (Å²) in [6.07, 6.45) is 5.24. The number of nitrogens with zero attached hydrogens (tertiary/aromatic N) is 1. The quantitative estimate of drug-likeness (QED) is 0.771. The lowest BCUT2D eigenvalue weighted by Crippen LogP contribution is -2.44. The number of hydrogen-bond acceptors (Lipinski definition) is 3. The number of esters is 1. The average Bonchev–Trinajstić information content (AvgIpc) is 2.47. The minimum Gasteiger partial charge on any atom is -0.467 e. The summed E-state index contributed by atoms with van der Waals surface area (Å²) in [4.78, 5) is 14.4. The monoisotopic (exact) mass is 275 g/mol. The van der Waals surface area contributed by atoms with Crippen molar-refractivity contribution in [2.24, 2.45) is 0 Å². The van der Waals surface area contributed by atoms with Crippen LogP contribution in [0.4, 0.5) is 5.69 Å². The third kappa shape index (κ3) is 3.14. The van der Waals surface area contributed by atoms with E-state index in [1.54, 1.807) is 0 Å². The highest BCUT2D eigenvalue weighted by Gasteiger charge is 2.29. The minimum absolute atomic E-state index is 0.105. The standard InChI is InChI=1S/C17H25NO2/c1-4-5-8-16(17(19)20-3)18-11-6-7-14-12-13(2)9-10-15(14)18/h9-10,12,16H,4-8,11H2,1-3H3. The van der Waals surface area contributed by atoms with E-state index >= 15 is 0 Å². The van der Waals surface area contributed by atoms with Gasteiger partial charge in [-0.05, 0) is 37.8 Å². The number of fused-ring (bicyclic) bond motifs is 1. The van der Waals surface area contributed by atoms with Crippen molar-refractivity contribution in [3.8, 4) is 0 Å². The highest BCUT2D eigenvalue weighted by Crippen LogP contribution is 2.31. The van der Waals surface area contributed by atoms with Gasteiger partial charge in [-0.1, -0.05) is 37.5 Å². The van der Waals surface area contributed by atoms with E-state index in [9.17, 15) is 4.79 Å². The maximum absolute atomic E-state index is 12.1. The molecular weight excluding hydrogens is 250 g/mol. The van der Waals surface area contributed by atoms with Crippen LogP contribution in [0.15, 0.2) is 18.2 Å². The third-order valence-electron chi connectivity index (χ3n) is 4.07. The van der Waals surface area contributed by atoms with Crippen LogP contribution in [-0.4, -0.2) is 25.7 Å². The van der Waals surface area contributed by atoms with Crippen molar-refractivity contribution < 1.29 is 9.53 Å². The SMILES string of the molecule is CCCCC(C(=O)OC)N1CCCc2cc(C)ccc21. The molecule has 110 valence electrons. The summed E-state index contributed by atoms with van der Waals surface area (Å²) in [5, 5.41) is 0. The summed E-state index contributed by atoms with van der Waals surface area (Å²) < 4.78 is 5.02. The van der Waals surface area contributed by atoms with Gasteiger partial charge >= 0.3 is 5.97 Å². The molecule has 0 saturated heterocycles. The van der Waals surface area contributed by atoms with Gasteiger partial charge in [0.05, 0.1) is 7.11 Å². The van der Waals surface area contributed by atoms with E-state index in [0.717, 1.165) is 38.6 Å². The summed E-state index contributed by atoms with van der Waals surface area (Å²) in [6, 6.07) is 6.40. The molecule has 1 unspecified atom stereocenters. The number of rotatable bonds is 5. The van der Waals surface area contributed by atoms with Gasteiger partial charge in [0.1, 0.15) is 6.04 Å². The molecule has 3 heteroatoms. The molecule has 2 rings (SSSR count). The van der Waals surface area contributed by atoms with Gasteiger partial charge < -0.3 is 9.64 Å². The van der Waals surface area contributed by atoms with Gasteiger partial charge in [0.15, 0.2) is 0 Å². The molecule has 0 bridgehead atoms. The summed E-state index contributed by atoms with van der Waals surface area (Å²) in [7, 11) is 1.49. The fourth-order valence-corrected chi connectivity index (χ4v) is 3.01. The Morgan fingerprint density at radius 2 is 2.25 bits per heavy atom. The smallest absolute Gasteiger partial charge is 0.328 e. The zero-order chi connectivity index (χ0) is 14.5. The first kappa shape index (κ1) is 14.9. The first-order chi connectivity index (χ1) is 9.67. The maximum atomic E-state index is 12.1. The van der Waals surface area contributed by atoms with Crippen LogP contribution in [0.25, 0.3) is 0 Å². The second kappa shape index (κ2) is 6.78. The van der Waals surface area contributed by atoms with Crippen molar-refractivity contribution in [1.29, 1.82) is 0 Å². The van der Waals surface area contributed by atoms with Crippen LogP contribution in [0.5, 0.6) is 0 Å². The normalized spacial score (nSPS) is 15.7. The maximum Gasteiger partial charge on any atom is 0.328 e. The molecule has 0 aliphatic carbocycles. The molecule has 0 radical (unpaired) electrons. The van der Waals surface area contributed by atoms with E-state index < -0.39 is 0 Å². The molecule has 20 heavy (non-hydrogen) atoms. The van der Waals surface area contributed by atoms with E-state index in [-0.39, 0.29) is 12.0 Å². The molecular formula is C17H25NO2. The molecule has 0 amide bonds. The second-order valence-corrected chi connectivity index (χ2v) is 5.61. The van der Waals surface area contributed by atoms with Crippen molar-refractivity contribution in [3.63, 3.8) is 0 Å². The minimum atomic E-state index is -0.137. The molecule has 1 heterocycles.